The maximum Gasteiger partial charge on any atom is 0.228 e. The summed E-state index contributed by atoms with van der Waals surface area (Å²) in [5.74, 6) is -0.782. The first-order valence-electron chi connectivity index (χ1n) is 5.29. The van der Waals surface area contributed by atoms with Crippen LogP contribution in [-0.4, -0.2) is 10.9 Å². The van der Waals surface area contributed by atoms with Crippen LogP contribution in [0.5, 0.6) is 0 Å². The minimum atomic E-state index is -0.534. The molecule has 0 bridgehead atoms. The predicted molar refractivity (Wildman–Crippen MR) is 75.7 cm³/mol. The largest absolute Gasteiger partial charge is 0.323 e. The van der Waals surface area contributed by atoms with Gasteiger partial charge in [0, 0.05) is 9.77 Å². The molecular weight excluding hydrogens is 346 g/mol. The third kappa shape index (κ3) is 3.49. The first kappa shape index (κ1) is 12.9. The van der Waals surface area contributed by atoms with Crippen molar-refractivity contribution in [2.45, 2.75) is 6.42 Å². The molecule has 0 saturated heterocycles. The van der Waals surface area contributed by atoms with Crippen LogP contribution < -0.4 is 5.32 Å². The van der Waals surface area contributed by atoms with Crippen LogP contribution in [0.25, 0.3) is 0 Å². The van der Waals surface area contributed by atoms with Crippen molar-refractivity contribution in [3.8, 4) is 0 Å². The highest BCUT2D eigenvalue weighted by atomic mass is 127. The number of carbonyl (C=O) groups is 1. The maximum absolute atomic E-state index is 13.3. The first-order chi connectivity index (χ1) is 8.65. The van der Waals surface area contributed by atoms with Gasteiger partial charge in [0.1, 0.15) is 0 Å². The number of hydrogen-bond acceptors (Lipinski definition) is 2. The number of anilines is 1. The molecule has 0 aliphatic rings. The van der Waals surface area contributed by atoms with E-state index < -0.39 is 5.82 Å². The minimum absolute atomic E-state index is 0.153. The Morgan fingerprint density at radius 1 is 1.39 bits per heavy atom. The number of pyridine rings is 1. The zero-order chi connectivity index (χ0) is 13.0. The number of aromatic nitrogens is 1. The van der Waals surface area contributed by atoms with E-state index in [4.69, 9.17) is 0 Å². The van der Waals surface area contributed by atoms with Gasteiger partial charge in [-0.3, -0.25) is 9.78 Å². The topological polar surface area (TPSA) is 42.0 Å². The fraction of sp³-hybridized carbons (Fsp3) is 0.0769. The first-order valence-corrected chi connectivity index (χ1v) is 6.37. The zero-order valence-electron chi connectivity index (χ0n) is 9.36. The summed E-state index contributed by atoms with van der Waals surface area (Å²) in [6, 6.07) is 9.05. The fourth-order valence-electron chi connectivity index (χ4n) is 1.50. The van der Waals surface area contributed by atoms with Crippen molar-refractivity contribution in [2.75, 3.05) is 5.32 Å². The number of nitrogens with one attached hydrogen (secondary N) is 1. The third-order valence-electron chi connectivity index (χ3n) is 2.30. The summed E-state index contributed by atoms with van der Waals surface area (Å²) in [5, 5.41) is 2.52. The van der Waals surface area contributed by atoms with E-state index in [1.54, 1.807) is 0 Å². The molecule has 0 aliphatic carbocycles. The molecule has 0 saturated carbocycles. The number of hydrogen-bond donors (Lipinski definition) is 1. The molecule has 1 heterocycles. The Hall–Kier alpha value is -1.50. The highest BCUT2D eigenvalue weighted by molar-refractivity contribution is 14.1. The molecule has 0 spiro atoms. The summed E-state index contributed by atoms with van der Waals surface area (Å²) in [4.78, 5) is 15.4. The number of halogens is 2. The van der Waals surface area contributed by atoms with Crippen molar-refractivity contribution >= 4 is 34.2 Å². The average molecular weight is 356 g/mol. The Labute approximate surface area is 118 Å². The Bertz CT molecular complexity index is 574. The smallest absolute Gasteiger partial charge is 0.228 e. The summed E-state index contributed by atoms with van der Waals surface area (Å²) >= 11 is 2.18. The summed E-state index contributed by atoms with van der Waals surface area (Å²) in [5.41, 5.74) is 1.05. The van der Waals surface area contributed by atoms with Crippen LogP contribution in [0.3, 0.4) is 0 Å². The van der Waals surface area contributed by atoms with Crippen LogP contribution in [0.1, 0.15) is 5.56 Å². The number of benzene rings is 1. The second-order valence-electron chi connectivity index (χ2n) is 3.71. The lowest BCUT2D eigenvalue weighted by Crippen LogP contribution is -2.15. The molecule has 0 fully saturated rings. The van der Waals surface area contributed by atoms with E-state index in [-0.39, 0.29) is 18.0 Å². The van der Waals surface area contributed by atoms with E-state index in [1.165, 1.54) is 12.3 Å². The summed E-state index contributed by atoms with van der Waals surface area (Å²) < 4.78 is 14.3. The second kappa shape index (κ2) is 5.90. The van der Waals surface area contributed by atoms with Crippen molar-refractivity contribution in [3.05, 3.63) is 57.7 Å². The summed E-state index contributed by atoms with van der Waals surface area (Å²) in [6.45, 7) is 0. The van der Waals surface area contributed by atoms with Gasteiger partial charge in [-0.25, -0.2) is 4.39 Å². The second-order valence-corrected chi connectivity index (χ2v) is 4.96. The van der Waals surface area contributed by atoms with E-state index >= 15 is 0 Å². The van der Waals surface area contributed by atoms with E-state index in [0.29, 0.717) is 0 Å². The van der Waals surface area contributed by atoms with Crippen molar-refractivity contribution in [2.24, 2.45) is 0 Å². The van der Waals surface area contributed by atoms with Crippen LogP contribution in [0.2, 0.25) is 0 Å². The SMILES string of the molecule is O=C(Cc1cccc(I)c1)Nc1ccncc1F. The quantitative estimate of drug-likeness (QED) is 0.860. The van der Waals surface area contributed by atoms with Crippen molar-refractivity contribution in [1.29, 1.82) is 0 Å². The predicted octanol–water partition coefficient (Wildman–Crippen LogP) is 3.01. The lowest BCUT2D eigenvalue weighted by atomic mass is 10.1. The van der Waals surface area contributed by atoms with Gasteiger partial charge in [-0.05, 0) is 46.4 Å². The molecule has 2 aromatic rings. The molecule has 18 heavy (non-hydrogen) atoms. The zero-order valence-corrected chi connectivity index (χ0v) is 11.5. The van der Waals surface area contributed by atoms with Gasteiger partial charge in [0.15, 0.2) is 5.82 Å². The highest BCUT2D eigenvalue weighted by Crippen LogP contribution is 2.12. The van der Waals surface area contributed by atoms with Crippen molar-refractivity contribution in [3.63, 3.8) is 0 Å². The van der Waals surface area contributed by atoms with Crippen LogP contribution in [0.15, 0.2) is 42.7 Å². The molecule has 92 valence electrons. The highest BCUT2D eigenvalue weighted by Gasteiger charge is 2.07. The van der Waals surface area contributed by atoms with E-state index in [1.807, 2.05) is 24.3 Å². The Morgan fingerprint density at radius 2 is 2.22 bits per heavy atom. The monoisotopic (exact) mass is 356 g/mol. The number of nitrogens with zero attached hydrogens (tertiary/aromatic N) is 1. The molecule has 0 radical (unpaired) electrons. The normalized spacial score (nSPS) is 10.1. The Morgan fingerprint density at radius 3 is 2.94 bits per heavy atom. The molecule has 0 unspecified atom stereocenters. The summed E-state index contributed by atoms with van der Waals surface area (Å²) in [7, 11) is 0. The Kier molecular flexibility index (Phi) is 4.24. The molecule has 1 aromatic carbocycles. The lowest BCUT2D eigenvalue weighted by molar-refractivity contribution is -0.115. The van der Waals surface area contributed by atoms with E-state index in [9.17, 15) is 9.18 Å². The molecule has 5 heteroatoms. The van der Waals surface area contributed by atoms with Crippen LogP contribution in [0, 0.1) is 9.39 Å². The van der Waals surface area contributed by atoms with E-state index in [0.717, 1.165) is 15.3 Å². The van der Waals surface area contributed by atoms with Crippen molar-refractivity contribution < 1.29 is 9.18 Å². The molecule has 3 nitrogen and oxygen atoms in total. The van der Waals surface area contributed by atoms with Gasteiger partial charge in [0.25, 0.3) is 0 Å². The maximum atomic E-state index is 13.3. The van der Waals surface area contributed by atoms with Crippen molar-refractivity contribution in [1.82, 2.24) is 4.98 Å². The van der Waals surface area contributed by atoms with Gasteiger partial charge in [0.05, 0.1) is 18.3 Å². The van der Waals surface area contributed by atoms with E-state index in [2.05, 4.69) is 32.9 Å². The third-order valence-corrected chi connectivity index (χ3v) is 2.97. The number of amides is 1. The Balaban J connectivity index is 2.03. The molecule has 1 aromatic heterocycles. The van der Waals surface area contributed by atoms with Gasteiger partial charge in [-0.1, -0.05) is 12.1 Å². The van der Waals surface area contributed by atoms with Gasteiger partial charge in [0.2, 0.25) is 5.91 Å². The van der Waals surface area contributed by atoms with Gasteiger partial charge in [-0.2, -0.15) is 0 Å². The van der Waals surface area contributed by atoms with Gasteiger partial charge in [-0.15, -0.1) is 0 Å². The molecule has 0 aliphatic heterocycles. The molecule has 0 atom stereocenters. The van der Waals surface area contributed by atoms with Gasteiger partial charge >= 0.3 is 0 Å². The minimum Gasteiger partial charge on any atom is -0.323 e. The fourth-order valence-corrected chi connectivity index (χ4v) is 2.11. The number of rotatable bonds is 3. The molecule has 1 amide bonds. The lowest BCUT2D eigenvalue weighted by Gasteiger charge is -2.06. The van der Waals surface area contributed by atoms with Gasteiger partial charge < -0.3 is 5.32 Å². The van der Waals surface area contributed by atoms with Crippen LogP contribution >= 0.6 is 22.6 Å². The number of carbonyl (C=O) groups excluding carboxylic acids is 1. The molecular formula is C13H10FIN2O. The van der Waals surface area contributed by atoms with Crippen LogP contribution in [-0.2, 0) is 11.2 Å². The summed E-state index contributed by atoms with van der Waals surface area (Å²) in [6.07, 6.45) is 2.73. The van der Waals surface area contributed by atoms with Crippen LogP contribution in [0.4, 0.5) is 10.1 Å². The standard InChI is InChI=1S/C13H10FIN2O/c14-11-8-16-5-4-12(11)17-13(18)7-9-2-1-3-10(15)6-9/h1-6,8H,7H2,(H,16,17,18). The average Bonchev–Trinajstić information content (AvgIpc) is 2.32. The molecule has 1 N–H and O–H groups in total. The molecule has 2 rings (SSSR count).